The van der Waals surface area contributed by atoms with Crippen molar-refractivity contribution in [2.45, 2.75) is 12.8 Å². The van der Waals surface area contributed by atoms with E-state index in [9.17, 15) is 10.1 Å². The number of hydrogen-bond donors (Lipinski definition) is 2. The molecular formula is C8H14N4O3. The molecule has 1 aromatic rings. The Labute approximate surface area is 86.9 Å². The van der Waals surface area contributed by atoms with Crippen LogP contribution in [-0.4, -0.2) is 33.0 Å². The Kier molecular flexibility index (Phi) is 4.04. The zero-order chi connectivity index (χ0) is 11.3. The highest BCUT2D eigenvalue weighted by molar-refractivity contribution is 5.54. The lowest BCUT2D eigenvalue weighted by Gasteiger charge is -2.00. The maximum atomic E-state index is 10.6. The second kappa shape index (κ2) is 5.30. The number of aliphatic hydroxyl groups is 1. The Hall–Kier alpha value is -1.63. The van der Waals surface area contributed by atoms with Crippen LogP contribution in [0.4, 0.5) is 11.5 Å². The average molecular weight is 214 g/mol. The van der Waals surface area contributed by atoms with E-state index in [0.29, 0.717) is 13.0 Å². The number of rotatable bonds is 6. The van der Waals surface area contributed by atoms with Crippen molar-refractivity contribution in [2.24, 2.45) is 7.05 Å². The molecule has 1 aromatic heterocycles. The predicted molar refractivity (Wildman–Crippen MR) is 54.7 cm³/mol. The molecule has 0 spiro atoms. The predicted octanol–water partition coefficient (Wildman–Crippen LogP) is 0.513. The lowest BCUT2D eigenvalue weighted by atomic mass is 10.3. The van der Waals surface area contributed by atoms with E-state index in [0.717, 1.165) is 6.42 Å². The molecule has 0 aliphatic heterocycles. The molecule has 0 saturated heterocycles. The molecule has 1 rings (SSSR count). The van der Waals surface area contributed by atoms with Gasteiger partial charge in [0, 0.05) is 20.2 Å². The van der Waals surface area contributed by atoms with Crippen LogP contribution < -0.4 is 5.32 Å². The summed E-state index contributed by atoms with van der Waals surface area (Å²) in [6.45, 7) is 0.699. The number of nitrogens with zero attached hydrogens (tertiary/aromatic N) is 3. The Morgan fingerprint density at radius 1 is 1.67 bits per heavy atom. The summed E-state index contributed by atoms with van der Waals surface area (Å²) < 4.78 is 1.40. The minimum atomic E-state index is -0.471. The highest BCUT2D eigenvalue weighted by Gasteiger charge is 2.17. The van der Waals surface area contributed by atoms with Gasteiger partial charge in [0.15, 0.2) is 0 Å². The maximum absolute atomic E-state index is 10.6. The molecule has 0 amide bonds. The first kappa shape index (κ1) is 11.4. The summed E-state index contributed by atoms with van der Waals surface area (Å²) in [5.74, 6) is 0.278. The van der Waals surface area contributed by atoms with Gasteiger partial charge in [-0.15, -0.1) is 5.10 Å². The Morgan fingerprint density at radius 2 is 2.40 bits per heavy atom. The van der Waals surface area contributed by atoms with Crippen molar-refractivity contribution in [1.29, 1.82) is 0 Å². The standard InChI is InChI=1S/C8H14N4O3/c1-11-6-7(12(14)15)8(10-11)9-4-2-3-5-13/h6,13H,2-5H2,1H3,(H,9,10). The van der Waals surface area contributed by atoms with Gasteiger partial charge >= 0.3 is 5.69 Å². The molecule has 7 nitrogen and oxygen atoms in total. The molecule has 0 aliphatic rings. The van der Waals surface area contributed by atoms with Gasteiger partial charge < -0.3 is 10.4 Å². The Balaban J connectivity index is 2.55. The van der Waals surface area contributed by atoms with Crippen molar-refractivity contribution in [2.75, 3.05) is 18.5 Å². The first-order valence-electron chi connectivity index (χ1n) is 4.68. The normalized spacial score (nSPS) is 10.3. The largest absolute Gasteiger partial charge is 0.396 e. The zero-order valence-corrected chi connectivity index (χ0v) is 8.51. The Bertz CT molecular complexity index is 337. The van der Waals surface area contributed by atoms with E-state index in [2.05, 4.69) is 10.4 Å². The van der Waals surface area contributed by atoms with E-state index in [-0.39, 0.29) is 18.1 Å². The molecular weight excluding hydrogens is 200 g/mol. The lowest BCUT2D eigenvalue weighted by molar-refractivity contribution is -0.384. The second-order valence-corrected chi connectivity index (χ2v) is 3.15. The fourth-order valence-corrected chi connectivity index (χ4v) is 1.18. The molecule has 15 heavy (non-hydrogen) atoms. The fraction of sp³-hybridized carbons (Fsp3) is 0.625. The number of anilines is 1. The van der Waals surface area contributed by atoms with Gasteiger partial charge in [-0.2, -0.15) is 0 Å². The van der Waals surface area contributed by atoms with Gasteiger partial charge in [-0.3, -0.25) is 14.8 Å². The second-order valence-electron chi connectivity index (χ2n) is 3.15. The topological polar surface area (TPSA) is 93.2 Å². The summed E-state index contributed by atoms with van der Waals surface area (Å²) in [6.07, 6.45) is 2.78. The third-order valence-electron chi connectivity index (χ3n) is 1.88. The molecule has 84 valence electrons. The van der Waals surface area contributed by atoms with Gasteiger partial charge in [0.05, 0.1) is 4.92 Å². The van der Waals surface area contributed by atoms with Crippen LogP contribution in [0, 0.1) is 10.1 Å². The molecule has 0 aliphatic carbocycles. The van der Waals surface area contributed by atoms with Gasteiger partial charge in [-0.1, -0.05) is 0 Å². The van der Waals surface area contributed by atoms with Crippen molar-refractivity contribution in [3.63, 3.8) is 0 Å². The van der Waals surface area contributed by atoms with E-state index >= 15 is 0 Å². The Morgan fingerprint density at radius 3 is 3.00 bits per heavy atom. The van der Waals surface area contributed by atoms with Crippen LogP contribution >= 0.6 is 0 Å². The highest BCUT2D eigenvalue weighted by Crippen LogP contribution is 2.21. The molecule has 0 aromatic carbocycles. The number of nitrogens with one attached hydrogen (secondary N) is 1. The van der Waals surface area contributed by atoms with Crippen molar-refractivity contribution in [3.8, 4) is 0 Å². The molecule has 0 atom stereocenters. The van der Waals surface area contributed by atoms with Gasteiger partial charge in [0.25, 0.3) is 0 Å². The summed E-state index contributed by atoms with van der Waals surface area (Å²) in [6, 6.07) is 0. The molecule has 1 heterocycles. The number of hydrogen-bond acceptors (Lipinski definition) is 5. The highest BCUT2D eigenvalue weighted by atomic mass is 16.6. The minimum Gasteiger partial charge on any atom is -0.396 e. The smallest absolute Gasteiger partial charge is 0.330 e. The molecule has 2 N–H and O–H groups in total. The van der Waals surface area contributed by atoms with Crippen LogP contribution in [0.25, 0.3) is 0 Å². The van der Waals surface area contributed by atoms with Gasteiger partial charge in [-0.25, -0.2) is 0 Å². The van der Waals surface area contributed by atoms with Crippen LogP contribution in [0.5, 0.6) is 0 Å². The number of aryl methyl sites for hydroxylation is 1. The fourth-order valence-electron chi connectivity index (χ4n) is 1.18. The van der Waals surface area contributed by atoms with E-state index in [1.54, 1.807) is 7.05 Å². The monoisotopic (exact) mass is 214 g/mol. The van der Waals surface area contributed by atoms with Gasteiger partial charge in [0.2, 0.25) is 5.82 Å². The van der Waals surface area contributed by atoms with Crippen LogP contribution in [0.1, 0.15) is 12.8 Å². The summed E-state index contributed by atoms with van der Waals surface area (Å²) in [4.78, 5) is 10.1. The lowest BCUT2D eigenvalue weighted by Crippen LogP contribution is -2.05. The van der Waals surface area contributed by atoms with Gasteiger partial charge in [-0.05, 0) is 12.8 Å². The third-order valence-corrected chi connectivity index (χ3v) is 1.88. The van der Waals surface area contributed by atoms with E-state index < -0.39 is 4.92 Å². The van der Waals surface area contributed by atoms with Crippen LogP contribution in [-0.2, 0) is 7.05 Å². The van der Waals surface area contributed by atoms with Crippen molar-refractivity contribution in [3.05, 3.63) is 16.3 Å². The summed E-state index contributed by atoms with van der Waals surface area (Å²) in [5.41, 5.74) is -0.0264. The molecule has 0 saturated carbocycles. The number of nitro groups is 1. The molecule has 0 radical (unpaired) electrons. The first-order valence-corrected chi connectivity index (χ1v) is 4.68. The quantitative estimate of drug-likeness (QED) is 0.409. The number of unbranched alkanes of at least 4 members (excludes halogenated alkanes) is 1. The summed E-state index contributed by atoms with van der Waals surface area (Å²) >= 11 is 0. The molecule has 7 heteroatoms. The van der Waals surface area contributed by atoms with E-state index in [1.807, 2.05) is 0 Å². The zero-order valence-electron chi connectivity index (χ0n) is 8.51. The van der Waals surface area contributed by atoms with Gasteiger partial charge in [0.1, 0.15) is 6.20 Å². The molecule has 0 unspecified atom stereocenters. The average Bonchev–Trinajstić information content (AvgIpc) is 2.55. The first-order chi connectivity index (χ1) is 7.15. The molecule has 0 fully saturated rings. The number of aromatic nitrogens is 2. The van der Waals surface area contributed by atoms with E-state index in [1.165, 1.54) is 10.9 Å². The number of aliphatic hydroxyl groups excluding tert-OH is 1. The van der Waals surface area contributed by atoms with Crippen molar-refractivity contribution >= 4 is 11.5 Å². The van der Waals surface area contributed by atoms with Crippen LogP contribution in [0.3, 0.4) is 0 Å². The minimum absolute atomic E-state index is 0.0264. The third kappa shape index (κ3) is 3.21. The van der Waals surface area contributed by atoms with Crippen molar-refractivity contribution < 1.29 is 10.0 Å². The maximum Gasteiger partial charge on any atom is 0.330 e. The van der Waals surface area contributed by atoms with E-state index in [4.69, 9.17) is 5.11 Å². The van der Waals surface area contributed by atoms with Crippen LogP contribution in [0.15, 0.2) is 6.20 Å². The van der Waals surface area contributed by atoms with Crippen LogP contribution in [0.2, 0.25) is 0 Å². The summed E-state index contributed by atoms with van der Waals surface area (Å²) in [7, 11) is 1.63. The summed E-state index contributed by atoms with van der Waals surface area (Å²) in [5, 5.41) is 25.9. The SMILES string of the molecule is Cn1cc([N+](=O)[O-])c(NCCCCO)n1. The van der Waals surface area contributed by atoms with Crippen molar-refractivity contribution in [1.82, 2.24) is 9.78 Å². The molecule has 0 bridgehead atoms.